The number of likely N-dealkylation sites (tertiary alicyclic amines) is 1. The maximum absolute atomic E-state index is 12.1. The zero-order valence-electron chi connectivity index (χ0n) is 8.40. The smallest absolute Gasteiger partial charge is 0.0906 e. The fraction of sp³-hybridized carbons (Fsp3) is 1.00. The van der Waals surface area contributed by atoms with Gasteiger partial charge in [0.25, 0.3) is 0 Å². The Morgan fingerprint density at radius 1 is 1.29 bits per heavy atom. The molecule has 3 rings (SSSR count). The highest BCUT2D eigenvalue weighted by atomic mass is 19.1. The lowest BCUT2D eigenvalue weighted by Crippen LogP contribution is -2.41. The van der Waals surface area contributed by atoms with E-state index in [1.54, 1.807) is 0 Å². The van der Waals surface area contributed by atoms with Crippen LogP contribution in [0.4, 0.5) is 4.39 Å². The second-order valence-corrected chi connectivity index (χ2v) is 5.17. The molecule has 2 bridgehead atoms. The van der Waals surface area contributed by atoms with Gasteiger partial charge in [-0.15, -0.1) is 0 Å². The monoisotopic (exact) mass is 199 g/mol. The fourth-order valence-electron chi connectivity index (χ4n) is 4.05. The quantitative estimate of drug-likeness (QED) is 0.734. The van der Waals surface area contributed by atoms with Crippen LogP contribution < -0.4 is 0 Å². The molecule has 2 nitrogen and oxygen atoms in total. The summed E-state index contributed by atoms with van der Waals surface area (Å²) in [7, 11) is 0. The Labute approximate surface area is 84.1 Å². The molecule has 0 amide bonds. The van der Waals surface area contributed by atoms with Crippen molar-refractivity contribution in [2.75, 3.05) is 19.8 Å². The molecular weight excluding hydrogens is 181 g/mol. The molecule has 0 aromatic rings. The van der Waals surface area contributed by atoms with E-state index in [4.69, 9.17) is 0 Å². The van der Waals surface area contributed by atoms with Crippen LogP contribution in [0.5, 0.6) is 0 Å². The number of nitrogens with zero attached hydrogens (tertiary/aromatic N) is 1. The third-order valence-corrected chi connectivity index (χ3v) is 4.53. The number of fused-ring (bicyclic) bond motifs is 1. The highest BCUT2D eigenvalue weighted by Gasteiger charge is 2.58. The molecule has 2 saturated carbocycles. The first-order valence-corrected chi connectivity index (χ1v) is 5.79. The van der Waals surface area contributed by atoms with Gasteiger partial charge in [0, 0.05) is 19.1 Å². The van der Waals surface area contributed by atoms with E-state index >= 15 is 0 Å². The van der Waals surface area contributed by atoms with Gasteiger partial charge in [-0.05, 0) is 37.0 Å². The van der Waals surface area contributed by atoms with Gasteiger partial charge >= 0.3 is 0 Å². The van der Waals surface area contributed by atoms with Crippen LogP contribution in [0.25, 0.3) is 0 Å². The summed E-state index contributed by atoms with van der Waals surface area (Å²) >= 11 is 0. The molecular formula is C11H18FNO. The zero-order chi connectivity index (χ0) is 9.71. The highest BCUT2D eigenvalue weighted by Crippen LogP contribution is 2.54. The molecule has 3 heteroatoms. The van der Waals surface area contributed by atoms with Crippen molar-refractivity contribution in [1.29, 1.82) is 0 Å². The number of halogens is 1. The topological polar surface area (TPSA) is 23.5 Å². The van der Waals surface area contributed by atoms with Gasteiger partial charge in [0.15, 0.2) is 0 Å². The summed E-state index contributed by atoms with van der Waals surface area (Å²) in [5.74, 6) is 2.10. The molecule has 1 N–H and O–H groups in total. The van der Waals surface area contributed by atoms with Gasteiger partial charge < -0.3 is 5.11 Å². The number of alkyl halides is 1. The minimum atomic E-state index is -0.224. The SMILES string of the molecule is OC1C2CC3CN(CCCF)C1C3C2. The van der Waals surface area contributed by atoms with Crippen molar-refractivity contribution in [3.05, 3.63) is 0 Å². The summed E-state index contributed by atoms with van der Waals surface area (Å²) in [4.78, 5) is 2.34. The first-order valence-electron chi connectivity index (χ1n) is 5.79. The van der Waals surface area contributed by atoms with E-state index < -0.39 is 0 Å². The van der Waals surface area contributed by atoms with E-state index in [0.29, 0.717) is 18.4 Å². The van der Waals surface area contributed by atoms with E-state index in [0.717, 1.165) is 24.9 Å². The Morgan fingerprint density at radius 2 is 2.14 bits per heavy atom. The average Bonchev–Trinajstić information content (AvgIpc) is 2.74. The van der Waals surface area contributed by atoms with Crippen molar-refractivity contribution in [1.82, 2.24) is 4.90 Å². The second-order valence-electron chi connectivity index (χ2n) is 5.17. The third-order valence-electron chi connectivity index (χ3n) is 4.53. The Bertz CT molecular complexity index is 233. The molecule has 0 aromatic carbocycles. The summed E-state index contributed by atoms with van der Waals surface area (Å²) < 4.78 is 12.1. The summed E-state index contributed by atoms with van der Waals surface area (Å²) in [5.41, 5.74) is 0. The van der Waals surface area contributed by atoms with E-state index in [1.807, 2.05) is 0 Å². The first kappa shape index (κ1) is 9.10. The molecule has 80 valence electrons. The number of aliphatic hydroxyl groups is 1. The molecule has 3 fully saturated rings. The van der Waals surface area contributed by atoms with E-state index in [9.17, 15) is 9.50 Å². The minimum absolute atomic E-state index is 0.113. The molecule has 0 radical (unpaired) electrons. The van der Waals surface area contributed by atoms with E-state index in [2.05, 4.69) is 4.90 Å². The highest BCUT2D eigenvalue weighted by molar-refractivity contribution is 5.10. The van der Waals surface area contributed by atoms with Gasteiger partial charge in [-0.2, -0.15) is 0 Å². The number of hydrogen-bond donors (Lipinski definition) is 1. The van der Waals surface area contributed by atoms with Crippen molar-refractivity contribution >= 4 is 0 Å². The van der Waals surface area contributed by atoms with Crippen LogP contribution in [-0.2, 0) is 0 Å². The Morgan fingerprint density at radius 3 is 2.86 bits per heavy atom. The third kappa shape index (κ3) is 1.09. The zero-order valence-corrected chi connectivity index (χ0v) is 8.40. The van der Waals surface area contributed by atoms with Crippen LogP contribution in [0.2, 0.25) is 0 Å². The molecule has 1 aliphatic heterocycles. The van der Waals surface area contributed by atoms with Crippen LogP contribution in [0.1, 0.15) is 19.3 Å². The van der Waals surface area contributed by atoms with Crippen LogP contribution >= 0.6 is 0 Å². The molecule has 0 aromatic heterocycles. The first-order chi connectivity index (χ1) is 6.81. The molecule has 5 atom stereocenters. The van der Waals surface area contributed by atoms with Crippen LogP contribution in [0, 0.1) is 17.8 Å². The van der Waals surface area contributed by atoms with Crippen molar-refractivity contribution in [2.45, 2.75) is 31.4 Å². The molecule has 2 aliphatic carbocycles. The van der Waals surface area contributed by atoms with Gasteiger partial charge in [0.1, 0.15) is 0 Å². The van der Waals surface area contributed by atoms with E-state index in [-0.39, 0.29) is 12.8 Å². The number of aliphatic hydroxyl groups excluding tert-OH is 1. The Kier molecular flexibility index (Phi) is 2.06. The maximum atomic E-state index is 12.1. The van der Waals surface area contributed by atoms with Crippen LogP contribution in [-0.4, -0.2) is 41.9 Å². The normalized spacial score (nSPS) is 50.6. The minimum Gasteiger partial charge on any atom is -0.391 e. The summed E-state index contributed by atoms with van der Waals surface area (Å²) in [6.07, 6.45) is 2.96. The van der Waals surface area contributed by atoms with Gasteiger partial charge in [0.05, 0.1) is 12.8 Å². The van der Waals surface area contributed by atoms with Crippen LogP contribution in [0.3, 0.4) is 0 Å². The lowest BCUT2D eigenvalue weighted by molar-refractivity contribution is 0.0501. The maximum Gasteiger partial charge on any atom is 0.0906 e. The van der Waals surface area contributed by atoms with Crippen molar-refractivity contribution in [3.63, 3.8) is 0 Å². The predicted molar refractivity (Wildman–Crippen MR) is 51.7 cm³/mol. The van der Waals surface area contributed by atoms with Crippen molar-refractivity contribution < 1.29 is 9.50 Å². The van der Waals surface area contributed by atoms with Gasteiger partial charge in [-0.1, -0.05) is 0 Å². The molecule has 5 unspecified atom stereocenters. The molecule has 0 spiro atoms. The molecule has 3 aliphatic rings. The Hall–Kier alpha value is -0.150. The average molecular weight is 199 g/mol. The molecule has 1 heterocycles. The van der Waals surface area contributed by atoms with Crippen molar-refractivity contribution in [3.8, 4) is 0 Å². The van der Waals surface area contributed by atoms with Crippen molar-refractivity contribution in [2.24, 2.45) is 17.8 Å². The van der Waals surface area contributed by atoms with Gasteiger partial charge in [0.2, 0.25) is 0 Å². The number of hydrogen-bond acceptors (Lipinski definition) is 2. The fourth-order valence-corrected chi connectivity index (χ4v) is 4.05. The molecule has 14 heavy (non-hydrogen) atoms. The van der Waals surface area contributed by atoms with Gasteiger partial charge in [-0.3, -0.25) is 9.29 Å². The van der Waals surface area contributed by atoms with Crippen LogP contribution in [0.15, 0.2) is 0 Å². The van der Waals surface area contributed by atoms with E-state index in [1.165, 1.54) is 12.8 Å². The largest absolute Gasteiger partial charge is 0.391 e. The second kappa shape index (κ2) is 3.17. The lowest BCUT2D eigenvalue weighted by Gasteiger charge is -2.28. The van der Waals surface area contributed by atoms with Gasteiger partial charge in [-0.25, -0.2) is 0 Å². The summed E-state index contributed by atoms with van der Waals surface area (Å²) in [6.45, 7) is 1.74. The Balaban J connectivity index is 1.72. The predicted octanol–water partition coefficient (Wildman–Crippen LogP) is 1.05. The lowest BCUT2D eigenvalue weighted by atomic mass is 9.88. The summed E-state index contributed by atoms with van der Waals surface area (Å²) in [6, 6.07) is 0.380. The standard InChI is InChI=1S/C11H18FNO/c12-2-1-3-13-6-8-4-7-5-9(8)10(13)11(7)14/h7-11,14H,1-6H2. The molecule has 1 saturated heterocycles. The summed E-state index contributed by atoms with van der Waals surface area (Å²) in [5, 5.41) is 10.0. The number of rotatable bonds is 3.